The number of ether oxygens (including phenoxy) is 1. The molecule has 0 saturated carbocycles. The molecule has 6 nitrogen and oxygen atoms in total. The van der Waals surface area contributed by atoms with Crippen LogP contribution in [0.1, 0.15) is 6.42 Å². The molecule has 1 aliphatic rings. The van der Waals surface area contributed by atoms with Crippen molar-refractivity contribution in [3.63, 3.8) is 0 Å². The first kappa shape index (κ1) is 16.2. The second-order valence-electron chi connectivity index (χ2n) is 5.21. The highest BCUT2D eigenvalue weighted by molar-refractivity contribution is 5.74. The van der Waals surface area contributed by atoms with Crippen LogP contribution in [0.2, 0.25) is 0 Å². The van der Waals surface area contributed by atoms with Gasteiger partial charge in [-0.25, -0.2) is 4.79 Å². The van der Waals surface area contributed by atoms with Crippen molar-refractivity contribution in [1.82, 2.24) is 20.0 Å². The first-order valence-electron chi connectivity index (χ1n) is 7.02. The fourth-order valence-electron chi connectivity index (χ4n) is 2.10. The zero-order chi connectivity index (χ0) is 14.1. The van der Waals surface area contributed by atoms with Crippen molar-refractivity contribution in [1.29, 1.82) is 0 Å². The van der Waals surface area contributed by atoms with Crippen LogP contribution in [0.3, 0.4) is 0 Å². The maximum absolute atomic E-state index is 11.9. The smallest absolute Gasteiger partial charge is 0.317 e. The number of hydrogen-bond acceptors (Lipinski definition) is 4. The summed E-state index contributed by atoms with van der Waals surface area (Å²) in [5, 5.41) is 2.98. The first-order chi connectivity index (χ1) is 9.13. The van der Waals surface area contributed by atoms with E-state index in [9.17, 15) is 4.79 Å². The number of nitrogens with zero attached hydrogens (tertiary/aromatic N) is 3. The van der Waals surface area contributed by atoms with E-state index in [1.165, 1.54) is 0 Å². The molecule has 0 spiro atoms. The molecule has 0 unspecified atom stereocenters. The lowest BCUT2D eigenvalue weighted by molar-refractivity contribution is 0.106. The van der Waals surface area contributed by atoms with Crippen LogP contribution in [0.5, 0.6) is 0 Å². The molecular formula is C13H28N4O2. The van der Waals surface area contributed by atoms with Gasteiger partial charge in [-0.15, -0.1) is 0 Å². The number of nitrogens with one attached hydrogen (secondary N) is 1. The molecule has 0 atom stereocenters. The van der Waals surface area contributed by atoms with E-state index in [-0.39, 0.29) is 6.03 Å². The van der Waals surface area contributed by atoms with Crippen molar-refractivity contribution in [3.8, 4) is 0 Å². The Morgan fingerprint density at radius 2 is 1.95 bits per heavy atom. The highest BCUT2D eigenvalue weighted by Crippen LogP contribution is 2.01. The Balaban J connectivity index is 2.11. The van der Waals surface area contributed by atoms with E-state index in [2.05, 4.69) is 15.1 Å². The molecule has 0 bridgehead atoms. The highest BCUT2D eigenvalue weighted by Gasteiger charge is 2.20. The summed E-state index contributed by atoms with van der Waals surface area (Å²) in [5.74, 6) is 0. The van der Waals surface area contributed by atoms with Crippen molar-refractivity contribution in [2.45, 2.75) is 6.42 Å². The largest absolute Gasteiger partial charge is 0.383 e. The third kappa shape index (κ3) is 6.75. The molecule has 0 aliphatic carbocycles. The van der Waals surface area contributed by atoms with Crippen molar-refractivity contribution in [2.24, 2.45) is 0 Å². The fourth-order valence-corrected chi connectivity index (χ4v) is 2.10. The van der Waals surface area contributed by atoms with Crippen molar-refractivity contribution in [3.05, 3.63) is 0 Å². The Hall–Kier alpha value is -0.850. The Bertz CT molecular complexity index is 253. The fraction of sp³-hybridized carbons (Fsp3) is 0.923. The third-order valence-corrected chi connectivity index (χ3v) is 3.33. The van der Waals surface area contributed by atoms with Crippen molar-refractivity contribution in [2.75, 3.05) is 73.6 Å². The summed E-state index contributed by atoms with van der Waals surface area (Å²) in [6.07, 6.45) is 0.993. The molecule has 1 aliphatic heterocycles. The third-order valence-electron chi connectivity index (χ3n) is 3.33. The summed E-state index contributed by atoms with van der Waals surface area (Å²) in [6, 6.07) is 0.0742. The van der Waals surface area contributed by atoms with Crippen LogP contribution in [-0.2, 0) is 4.74 Å². The van der Waals surface area contributed by atoms with Crippen molar-refractivity contribution < 1.29 is 9.53 Å². The standard InChI is InChI=1S/C13H28N4O2/c1-15(2)6-4-5-14-13(18)17-9-7-16(8-10-17)11-12-19-3/h4-12H2,1-3H3,(H,14,18). The molecule has 1 rings (SSSR count). The number of methoxy groups -OCH3 is 1. The average Bonchev–Trinajstić information content (AvgIpc) is 2.41. The first-order valence-corrected chi connectivity index (χ1v) is 7.02. The van der Waals surface area contributed by atoms with E-state index in [1.54, 1.807) is 7.11 Å². The number of carbonyl (C=O) groups excluding carboxylic acids is 1. The Kier molecular flexibility index (Phi) is 7.78. The minimum absolute atomic E-state index is 0.0742. The van der Waals surface area contributed by atoms with E-state index < -0.39 is 0 Å². The van der Waals surface area contributed by atoms with Gasteiger partial charge in [0.05, 0.1) is 6.61 Å². The van der Waals surface area contributed by atoms with Crippen molar-refractivity contribution >= 4 is 6.03 Å². The number of hydrogen-bond donors (Lipinski definition) is 1. The Labute approximate surface area is 116 Å². The molecule has 1 heterocycles. The van der Waals surface area contributed by atoms with Gasteiger partial charge in [-0.1, -0.05) is 0 Å². The summed E-state index contributed by atoms with van der Waals surface area (Å²) in [4.78, 5) is 18.3. The van der Waals surface area contributed by atoms with E-state index in [0.29, 0.717) is 0 Å². The van der Waals surface area contributed by atoms with Crippen LogP contribution in [0.25, 0.3) is 0 Å². The van der Waals surface area contributed by atoms with Crippen LogP contribution in [0.15, 0.2) is 0 Å². The monoisotopic (exact) mass is 272 g/mol. The van der Waals surface area contributed by atoms with Gasteiger partial charge in [0, 0.05) is 46.4 Å². The van der Waals surface area contributed by atoms with E-state index in [4.69, 9.17) is 4.74 Å². The van der Waals surface area contributed by atoms with Gasteiger partial charge in [0.15, 0.2) is 0 Å². The number of carbonyl (C=O) groups is 1. The summed E-state index contributed by atoms with van der Waals surface area (Å²) in [7, 11) is 5.81. The molecule has 0 radical (unpaired) electrons. The maximum atomic E-state index is 11.9. The number of piperazine rings is 1. The van der Waals surface area contributed by atoms with Crippen LogP contribution in [-0.4, -0.2) is 94.4 Å². The van der Waals surface area contributed by atoms with Gasteiger partial charge in [0.2, 0.25) is 0 Å². The van der Waals surface area contributed by atoms with E-state index in [1.807, 2.05) is 19.0 Å². The van der Waals surface area contributed by atoms with Gasteiger partial charge in [-0.2, -0.15) is 0 Å². The molecule has 1 saturated heterocycles. The Morgan fingerprint density at radius 1 is 1.26 bits per heavy atom. The molecule has 2 amide bonds. The summed E-state index contributed by atoms with van der Waals surface area (Å²) >= 11 is 0. The molecule has 0 aromatic carbocycles. The van der Waals surface area contributed by atoms with Gasteiger partial charge < -0.3 is 19.9 Å². The van der Waals surface area contributed by atoms with Crippen LogP contribution in [0, 0.1) is 0 Å². The van der Waals surface area contributed by atoms with Gasteiger partial charge in [-0.05, 0) is 27.1 Å². The minimum atomic E-state index is 0.0742. The number of urea groups is 1. The van der Waals surface area contributed by atoms with Crippen LogP contribution in [0.4, 0.5) is 4.79 Å². The summed E-state index contributed by atoms with van der Waals surface area (Å²) in [5.41, 5.74) is 0. The lowest BCUT2D eigenvalue weighted by atomic mass is 10.3. The quantitative estimate of drug-likeness (QED) is 0.658. The maximum Gasteiger partial charge on any atom is 0.317 e. The summed E-state index contributed by atoms with van der Waals surface area (Å²) < 4.78 is 5.07. The predicted molar refractivity (Wildman–Crippen MR) is 76.5 cm³/mol. The van der Waals surface area contributed by atoms with Gasteiger partial charge in [0.25, 0.3) is 0 Å². The normalized spacial score (nSPS) is 16.9. The average molecular weight is 272 g/mol. The van der Waals surface area contributed by atoms with Gasteiger partial charge in [0.1, 0.15) is 0 Å². The van der Waals surface area contributed by atoms with Gasteiger partial charge in [-0.3, -0.25) is 4.90 Å². The topological polar surface area (TPSA) is 48.1 Å². The number of rotatable bonds is 7. The molecule has 0 aromatic rings. The van der Waals surface area contributed by atoms with E-state index >= 15 is 0 Å². The zero-order valence-corrected chi connectivity index (χ0v) is 12.5. The molecule has 6 heteroatoms. The zero-order valence-electron chi connectivity index (χ0n) is 12.5. The molecule has 0 aromatic heterocycles. The molecule has 112 valence electrons. The lowest BCUT2D eigenvalue weighted by Gasteiger charge is -2.34. The highest BCUT2D eigenvalue weighted by atomic mass is 16.5. The SMILES string of the molecule is COCCN1CCN(C(=O)NCCCN(C)C)CC1. The summed E-state index contributed by atoms with van der Waals surface area (Å²) in [6.45, 7) is 6.97. The molecule has 19 heavy (non-hydrogen) atoms. The molecule has 1 fully saturated rings. The molecular weight excluding hydrogens is 244 g/mol. The van der Waals surface area contributed by atoms with Gasteiger partial charge >= 0.3 is 6.03 Å². The Morgan fingerprint density at radius 3 is 2.53 bits per heavy atom. The van der Waals surface area contributed by atoms with Crippen LogP contribution >= 0.6 is 0 Å². The predicted octanol–water partition coefficient (Wildman–Crippen LogP) is -0.0883. The second-order valence-corrected chi connectivity index (χ2v) is 5.21. The molecule has 1 N–H and O–H groups in total. The second kappa shape index (κ2) is 9.12. The van der Waals surface area contributed by atoms with Crippen LogP contribution < -0.4 is 5.32 Å². The van der Waals surface area contributed by atoms with E-state index in [0.717, 1.165) is 58.8 Å². The number of amides is 2. The lowest BCUT2D eigenvalue weighted by Crippen LogP contribution is -2.52. The minimum Gasteiger partial charge on any atom is -0.383 e.